The van der Waals surface area contributed by atoms with Gasteiger partial charge in [-0.2, -0.15) is 5.10 Å². The van der Waals surface area contributed by atoms with E-state index < -0.39 is 0 Å². The Labute approximate surface area is 155 Å². The van der Waals surface area contributed by atoms with E-state index in [0.717, 1.165) is 5.56 Å². The molecule has 0 aromatic heterocycles. The molecular formula is C18H15Cl2N3O2. The first-order chi connectivity index (χ1) is 12.0. The molecule has 1 heterocycles. The van der Waals surface area contributed by atoms with Crippen LogP contribution in [0.1, 0.15) is 18.4 Å². The van der Waals surface area contributed by atoms with Gasteiger partial charge in [0.05, 0.1) is 5.69 Å². The van der Waals surface area contributed by atoms with Crippen molar-refractivity contribution in [3.8, 4) is 0 Å². The number of amides is 2. The van der Waals surface area contributed by atoms with Crippen LogP contribution in [0.4, 0.5) is 5.69 Å². The van der Waals surface area contributed by atoms with E-state index in [1.807, 2.05) is 18.2 Å². The number of carbonyl (C=O) groups is 2. The minimum absolute atomic E-state index is 0.162. The Morgan fingerprint density at radius 2 is 1.80 bits per heavy atom. The molecule has 3 rings (SSSR count). The number of nitrogens with zero attached hydrogens (tertiary/aromatic N) is 2. The van der Waals surface area contributed by atoms with E-state index in [2.05, 4.69) is 10.4 Å². The molecule has 25 heavy (non-hydrogen) atoms. The van der Waals surface area contributed by atoms with Gasteiger partial charge in [0, 0.05) is 29.4 Å². The molecule has 0 fully saturated rings. The van der Waals surface area contributed by atoms with Gasteiger partial charge >= 0.3 is 0 Å². The molecule has 0 aliphatic carbocycles. The second kappa shape index (κ2) is 7.68. The van der Waals surface area contributed by atoms with Crippen molar-refractivity contribution in [2.24, 2.45) is 5.10 Å². The van der Waals surface area contributed by atoms with Crippen molar-refractivity contribution in [3.05, 3.63) is 64.1 Å². The van der Waals surface area contributed by atoms with Crippen LogP contribution in [0.2, 0.25) is 10.0 Å². The van der Waals surface area contributed by atoms with E-state index in [0.29, 0.717) is 34.4 Å². The second-order valence-electron chi connectivity index (χ2n) is 5.50. The summed E-state index contributed by atoms with van der Waals surface area (Å²) in [5.41, 5.74) is 1.70. The zero-order valence-corrected chi connectivity index (χ0v) is 14.7. The van der Waals surface area contributed by atoms with Gasteiger partial charge in [-0.05, 0) is 35.9 Å². The maximum atomic E-state index is 12.4. The molecule has 2 amide bonds. The number of hydrogen-bond acceptors (Lipinski definition) is 3. The minimum Gasteiger partial charge on any atom is -0.347 e. The van der Waals surface area contributed by atoms with Crippen molar-refractivity contribution in [1.29, 1.82) is 0 Å². The summed E-state index contributed by atoms with van der Waals surface area (Å²) in [6.45, 7) is 0.298. The maximum absolute atomic E-state index is 12.4. The standard InChI is InChI=1S/C18H15Cl2N3O2/c19-13-5-7-14(8-6-13)23-17(24)10-9-16(22-23)18(25)21-11-12-3-1-2-4-15(12)20/h1-8H,9-11H2,(H,21,25). The molecule has 1 aliphatic heterocycles. The fourth-order valence-electron chi connectivity index (χ4n) is 2.42. The van der Waals surface area contributed by atoms with Crippen LogP contribution < -0.4 is 10.3 Å². The molecule has 1 N–H and O–H groups in total. The number of benzene rings is 2. The van der Waals surface area contributed by atoms with Crippen LogP contribution in [0.3, 0.4) is 0 Å². The van der Waals surface area contributed by atoms with E-state index in [1.165, 1.54) is 5.01 Å². The van der Waals surface area contributed by atoms with Crippen LogP contribution in [0.15, 0.2) is 53.6 Å². The van der Waals surface area contributed by atoms with Gasteiger partial charge in [-0.15, -0.1) is 0 Å². The topological polar surface area (TPSA) is 61.8 Å². The van der Waals surface area contributed by atoms with Crippen LogP contribution in [0, 0.1) is 0 Å². The van der Waals surface area contributed by atoms with E-state index in [-0.39, 0.29) is 18.2 Å². The molecule has 0 unspecified atom stereocenters. The Morgan fingerprint density at radius 3 is 2.52 bits per heavy atom. The summed E-state index contributed by atoms with van der Waals surface area (Å²) in [7, 11) is 0. The Morgan fingerprint density at radius 1 is 1.08 bits per heavy atom. The largest absolute Gasteiger partial charge is 0.347 e. The summed E-state index contributed by atoms with van der Waals surface area (Å²) in [4.78, 5) is 24.5. The highest BCUT2D eigenvalue weighted by atomic mass is 35.5. The van der Waals surface area contributed by atoms with Gasteiger partial charge in [0.15, 0.2) is 0 Å². The number of rotatable bonds is 4. The molecule has 128 valence electrons. The van der Waals surface area contributed by atoms with Crippen molar-refractivity contribution < 1.29 is 9.59 Å². The quantitative estimate of drug-likeness (QED) is 0.883. The van der Waals surface area contributed by atoms with Gasteiger partial charge in [-0.25, -0.2) is 5.01 Å². The Bertz CT molecular complexity index is 834. The molecule has 0 saturated carbocycles. The zero-order chi connectivity index (χ0) is 17.8. The Balaban J connectivity index is 1.73. The minimum atomic E-state index is -0.314. The van der Waals surface area contributed by atoms with Gasteiger partial charge in [0.2, 0.25) is 5.91 Å². The lowest BCUT2D eigenvalue weighted by Gasteiger charge is -2.23. The summed E-state index contributed by atoms with van der Waals surface area (Å²) in [6, 6.07) is 14.0. The van der Waals surface area contributed by atoms with Crippen molar-refractivity contribution in [2.45, 2.75) is 19.4 Å². The molecule has 0 radical (unpaired) electrons. The second-order valence-corrected chi connectivity index (χ2v) is 6.35. The highest BCUT2D eigenvalue weighted by Crippen LogP contribution is 2.22. The molecular weight excluding hydrogens is 361 g/mol. The average molecular weight is 376 g/mol. The van der Waals surface area contributed by atoms with E-state index >= 15 is 0 Å². The summed E-state index contributed by atoms with van der Waals surface area (Å²) < 4.78 is 0. The third-order valence-electron chi connectivity index (χ3n) is 3.76. The first kappa shape index (κ1) is 17.5. The first-order valence-electron chi connectivity index (χ1n) is 7.72. The summed E-state index contributed by atoms with van der Waals surface area (Å²) >= 11 is 11.9. The fourth-order valence-corrected chi connectivity index (χ4v) is 2.75. The molecule has 2 aromatic carbocycles. The molecule has 0 atom stereocenters. The number of nitrogens with one attached hydrogen (secondary N) is 1. The van der Waals surface area contributed by atoms with Gasteiger partial charge in [-0.1, -0.05) is 41.4 Å². The normalized spacial score (nSPS) is 14.2. The van der Waals surface area contributed by atoms with Crippen LogP contribution in [-0.2, 0) is 16.1 Å². The molecule has 0 saturated heterocycles. The third-order valence-corrected chi connectivity index (χ3v) is 4.38. The number of hydrazone groups is 1. The van der Waals surface area contributed by atoms with Crippen molar-refractivity contribution in [1.82, 2.24) is 5.32 Å². The lowest BCUT2D eigenvalue weighted by Crippen LogP contribution is -2.38. The Hall–Kier alpha value is -2.37. The fraction of sp³-hybridized carbons (Fsp3) is 0.167. The summed E-state index contributed by atoms with van der Waals surface area (Å²) in [5.74, 6) is -0.476. The van der Waals surface area contributed by atoms with E-state index in [4.69, 9.17) is 23.2 Å². The molecule has 2 aromatic rings. The van der Waals surface area contributed by atoms with Gasteiger partial charge in [-0.3, -0.25) is 9.59 Å². The number of halogens is 2. The molecule has 5 nitrogen and oxygen atoms in total. The monoisotopic (exact) mass is 375 g/mol. The first-order valence-corrected chi connectivity index (χ1v) is 8.48. The average Bonchev–Trinajstić information content (AvgIpc) is 2.62. The SMILES string of the molecule is O=C(NCc1ccccc1Cl)C1=NN(c2ccc(Cl)cc2)C(=O)CC1. The lowest BCUT2D eigenvalue weighted by molar-refractivity contribution is -0.119. The van der Waals surface area contributed by atoms with Gasteiger partial charge in [0.1, 0.15) is 5.71 Å². The predicted molar refractivity (Wildman–Crippen MR) is 98.9 cm³/mol. The highest BCUT2D eigenvalue weighted by molar-refractivity contribution is 6.40. The Kier molecular flexibility index (Phi) is 5.36. The van der Waals surface area contributed by atoms with E-state index in [1.54, 1.807) is 30.3 Å². The van der Waals surface area contributed by atoms with E-state index in [9.17, 15) is 9.59 Å². The maximum Gasteiger partial charge on any atom is 0.267 e. The van der Waals surface area contributed by atoms with Crippen molar-refractivity contribution in [3.63, 3.8) is 0 Å². The molecule has 0 spiro atoms. The molecule has 7 heteroatoms. The third kappa shape index (κ3) is 4.18. The number of carbonyl (C=O) groups excluding carboxylic acids is 2. The lowest BCUT2D eigenvalue weighted by atomic mass is 10.1. The molecule has 1 aliphatic rings. The smallest absolute Gasteiger partial charge is 0.267 e. The highest BCUT2D eigenvalue weighted by Gasteiger charge is 2.25. The van der Waals surface area contributed by atoms with Crippen LogP contribution in [0.25, 0.3) is 0 Å². The van der Waals surface area contributed by atoms with Gasteiger partial charge < -0.3 is 5.32 Å². The summed E-state index contributed by atoms with van der Waals surface area (Å²) in [6.07, 6.45) is 0.526. The predicted octanol–water partition coefficient (Wildman–Crippen LogP) is 3.79. The zero-order valence-electron chi connectivity index (χ0n) is 13.2. The van der Waals surface area contributed by atoms with Crippen LogP contribution in [-0.4, -0.2) is 17.5 Å². The van der Waals surface area contributed by atoms with Crippen molar-refractivity contribution in [2.75, 3.05) is 5.01 Å². The molecule has 0 bridgehead atoms. The number of anilines is 1. The van der Waals surface area contributed by atoms with Gasteiger partial charge in [0.25, 0.3) is 5.91 Å². The number of hydrogen-bond donors (Lipinski definition) is 1. The van der Waals surface area contributed by atoms with Crippen LogP contribution >= 0.6 is 23.2 Å². The van der Waals surface area contributed by atoms with Crippen molar-refractivity contribution >= 4 is 46.4 Å². The van der Waals surface area contributed by atoms with Crippen LogP contribution in [0.5, 0.6) is 0 Å². The summed E-state index contributed by atoms with van der Waals surface area (Å²) in [5, 5.41) is 9.40.